The number of fused-ring (bicyclic) bond motifs is 1. The Morgan fingerprint density at radius 2 is 1.90 bits per heavy atom. The lowest BCUT2D eigenvalue weighted by atomic mass is 10.1. The van der Waals surface area contributed by atoms with Crippen molar-refractivity contribution in [3.63, 3.8) is 0 Å². The summed E-state index contributed by atoms with van der Waals surface area (Å²) >= 11 is 5.99. The van der Waals surface area contributed by atoms with Crippen LogP contribution in [0, 0.1) is 13.8 Å². The molecule has 0 fully saturated rings. The highest BCUT2D eigenvalue weighted by Gasteiger charge is 2.21. The Morgan fingerprint density at radius 3 is 2.60 bits per heavy atom. The summed E-state index contributed by atoms with van der Waals surface area (Å²) < 4.78 is 39.1. The van der Waals surface area contributed by atoms with E-state index < -0.39 is 16.0 Å². The van der Waals surface area contributed by atoms with Crippen LogP contribution in [0.15, 0.2) is 45.7 Å². The number of carbonyl (C=O) groups excluding carboxylic acids is 1. The summed E-state index contributed by atoms with van der Waals surface area (Å²) in [5.74, 6) is -0.0467. The molecule has 1 heterocycles. The molecule has 160 valence electrons. The molecule has 0 unspecified atom stereocenters. The van der Waals surface area contributed by atoms with Gasteiger partial charge in [0.15, 0.2) is 0 Å². The van der Waals surface area contributed by atoms with Crippen LogP contribution in [-0.2, 0) is 14.8 Å². The molecule has 0 aliphatic heterocycles. The molecule has 0 atom stereocenters. The summed E-state index contributed by atoms with van der Waals surface area (Å²) in [6.45, 7) is 5.83. The van der Waals surface area contributed by atoms with Crippen molar-refractivity contribution in [1.82, 2.24) is 0 Å². The maximum absolute atomic E-state index is 12.8. The predicted octanol–water partition coefficient (Wildman–Crippen LogP) is 5.85. The van der Waals surface area contributed by atoms with Crippen LogP contribution in [0.2, 0.25) is 5.02 Å². The van der Waals surface area contributed by atoms with Gasteiger partial charge in [-0.05, 0) is 62.2 Å². The van der Waals surface area contributed by atoms with Crippen molar-refractivity contribution < 1.29 is 22.4 Å². The normalized spacial score (nSPS) is 11.6. The van der Waals surface area contributed by atoms with E-state index in [2.05, 4.69) is 11.6 Å². The van der Waals surface area contributed by atoms with Crippen molar-refractivity contribution in [3.8, 4) is 0 Å². The molecule has 0 saturated heterocycles. The fourth-order valence-corrected chi connectivity index (χ4v) is 4.38. The number of furan rings is 1. The average molecular weight is 450 g/mol. The predicted molar refractivity (Wildman–Crippen MR) is 118 cm³/mol. The number of anilines is 1. The third kappa shape index (κ3) is 4.79. The van der Waals surface area contributed by atoms with Crippen LogP contribution in [0.4, 0.5) is 5.69 Å². The van der Waals surface area contributed by atoms with E-state index in [1.54, 1.807) is 38.1 Å². The summed E-state index contributed by atoms with van der Waals surface area (Å²) in [5.41, 5.74) is 1.77. The van der Waals surface area contributed by atoms with Gasteiger partial charge in [-0.3, -0.25) is 4.72 Å². The van der Waals surface area contributed by atoms with Gasteiger partial charge in [0, 0.05) is 16.1 Å². The number of unbranched alkanes of at least 4 members (excludes halogenated alkanes) is 2. The quantitative estimate of drug-likeness (QED) is 0.344. The van der Waals surface area contributed by atoms with Gasteiger partial charge in [0.25, 0.3) is 10.0 Å². The molecule has 0 spiro atoms. The van der Waals surface area contributed by atoms with Crippen molar-refractivity contribution in [3.05, 3.63) is 58.3 Å². The van der Waals surface area contributed by atoms with Gasteiger partial charge in [0.05, 0.1) is 11.5 Å². The summed E-state index contributed by atoms with van der Waals surface area (Å²) in [7, 11) is -3.82. The molecule has 0 radical (unpaired) electrons. The number of ether oxygens (including phenoxy) is 1. The Kier molecular flexibility index (Phi) is 6.73. The fourth-order valence-electron chi connectivity index (χ4n) is 3.12. The third-order valence-corrected chi connectivity index (χ3v) is 6.54. The van der Waals surface area contributed by atoms with Gasteiger partial charge in [0.2, 0.25) is 0 Å². The molecule has 3 aromatic rings. The van der Waals surface area contributed by atoms with Gasteiger partial charge in [-0.2, -0.15) is 0 Å². The maximum Gasteiger partial charge on any atom is 0.342 e. The topological polar surface area (TPSA) is 85.6 Å². The molecular weight excluding hydrogens is 426 g/mol. The van der Waals surface area contributed by atoms with Crippen LogP contribution >= 0.6 is 11.6 Å². The monoisotopic (exact) mass is 449 g/mol. The highest BCUT2D eigenvalue weighted by molar-refractivity contribution is 7.92. The van der Waals surface area contributed by atoms with Crippen LogP contribution in [0.3, 0.4) is 0 Å². The number of aryl methyl sites for hydroxylation is 2. The van der Waals surface area contributed by atoms with Crippen LogP contribution in [0.5, 0.6) is 0 Å². The number of carbonyl (C=O) groups is 1. The van der Waals surface area contributed by atoms with Gasteiger partial charge in [0.1, 0.15) is 16.9 Å². The van der Waals surface area contributed by atoms with E-state index in [4.69, 9.17) is 20.8 Å². The smallest absolute Gasteiger partial charge is 0.342 e. The first-order valence-electron chi connectivity index (χ1n) is 9.72. The molecule has 0 bridgehead atoms. The second-order valence-electron chi connectivity index (χ2n) is 7.10. The number of sulfonamides is 1. The van der Waals surface area contributed by atoms with Gasteiger partial charge in [-0.15, -0.1) is 0 Å². The lowest BCUT2D eigenvalue weighted by Crippen LogP contribution is -2.13. The first-order chi connectivity index (χ1) is 14.2. The molecule has 1 aromatic heterocycles. The van der Waals surface area contributed by atoms with Gasteiger partial charge >= 0.3 is 5.97 Å². The van der Waals surface area contributed by atoms with Crippen molar-refractivity contribution in [1.29, 1.82) is 0 Å². The Morgan fingerprint density at radius 1 is 1.13 bits per heavy atom. The molecule has 1 N–H and O–H groups in total. The minimum Gasteiger partial charge on any atom is -0.462 e. The second kappa shape index (κ2) is 9.10. The van der Waals surface area contributed by atoms with Crippen LogP contribution in [0.1, 0.15) is 47.9 Å². The summed E-state index contributed by atoms with van der Waals surface area (Å²) in [6.07, 6.45) is 2.80. The zero-order valence-electron chi connectivity index (χ0n) is 17.1. The molecule has 0 saturated carbocycles. The minimum absolute atomic E-state index is 0.100. The van der Waals surface area contributed by atoms with Gasteiger partial charge in [-0.1, -0.05) is 31.4 Å². The summed E-state index contributed by atoms with van der Waals surface area (Å²) in [4.78, 5) is 12.7. The molecule has 30 heavy (non-hydrogen) atoms. The highest BCUT2D eigenvalue weighted by Crippen LogP contribution is 2.30. The molecule has 0 aliphatic rings. The number of benzene rings is 2. The third-order valence-electron chi connectivity index (χ3n) is 4.74. The molecule has 6 nitrogen and oxygen atoms in total. The highest BCUT2D eigenvalue weighted by atomic mass is 35.5. The first kappa shape index (κ1) is 22.2. The number of hydrogen-bond acceptors (Lipinski definition) is 5. The SMILES string of the molecule is CCCCCOC(=O)c1c(C)oc2ccc(NS(=O)(=O)c3ccc(Cl)c(C)c3)cc12. The molecule has 8 heteroatoms. The number of rotatable bonds is 8. The van der Waals surface area contributed by atoms with E-state index in [9.17, 15) is 13.2 Å². The minimum atomic E-state index is -3.82. The molecule has 0 aliphatic carbocycles. The molecule has 3 rings (SSSR count). The van der Waals surface area contributed by atoms with Crippen LogP contribution in [-0.4, -0.2) is 21.0 Å². The standard InChI is InChI=1S/C22H24ClNO5S/c1-4-5-6-11-28-22(25)21-15(3)29-20-10-7-16(13-18(20)21)24-30(26,27)17-8-9-19(23)14(2)12-17/h7-10,12-13,24H,4-6,11H2,1-3H3. The van der Waals surface area contributed by atoms with Crippen molar-refractivity contribution >= 4 is 44.3 Å². The Labute approximate surface area is 181 Å². The molecule has 0 amide bonds. The summed E-state index contributed by atoms with van der Waals surface area (Å²) in [5, 5.41) is 0.992. The number of hydrogen-bond donors (Lipinski definition) is 1. The number of nitrogens with one attached hydrogen (secondary N) is 1. The molecule has 2 aromatic carbocycles. The van der Waals surface area contributed by atoms with E-state index in [0.717, 1.165) is 19.3 Å². The maximum atomic E-state index is 12.8. The van der Waals surface area contributed by atoms with E-state index >= 15 is 0 Å². The van der Waals surface area contributed by atoms with Crippen molar-refractivity contribution in [2.45, 2.75) is 44.9 Å². The molecular formula is C22H24ClNO5S. The Hall–Kier alpha value is -2.51. The number of esters is 1. The van der Waals surface area contributed by atoms with Crippen molar-refractivity contribution in [2.24, 2.45) is 0 Å². The summed E-state index contributed by atoms with van der Waals surface area (Å²) in [6, 6.07) is 9.28. The van der Waals surface area contributed by atoms with E-state index in [-0.39, 0.29) is 4.90 Å². The van der Waals surface area contributed by atoms with E-state index in [1.165, 1.54) is 12.1 Å². The lowest BCUT2D eigenvalue weighted by molar-refractivity contribution is 0.0498. The van der Waals surface area contributed by atoms with Crippen LogP contribution < -0.4 is 4.72 Å². The number of halogens is 1. The van der Waals surface area contributed by atoms with E-state index in [0.29, 0.717) is 45.2 Å². The van der Waals surface area contributed by atoms with Gasteiger partial charge in [-0.25, -0.2) is 13.2 Å². The van der Waals surface area contributed by atoms with E-state index in [1.807, 2.05) is 0 Å². The van der Waals surface area contributed by atoms with Gasteiger partial charge < -0.3 is 9.15 Å². The average Bonchev–Trinajstić information content (AvgIpc) is 3.02. The zero-order valence-corrected chi connectivity index (χ0v) is 18.7. The first-order valence-corrected chi connectivity index (χ1v) is 11.6. The zero-order chi connectivity index (χ0) is 21.9. The Balaban J connectivity index is 1.89. The lowest BCUT2D eigenvalue weighted by Gasteiger charge is -2.10. The Bertz CT molecular complexity index is 1180. The fraction of sp³-hybridized carbons (Fsp3) is 0.318. The van der Waals surface area contributed by atoms with Crippen LogP contribution in [0.25, 0.3) is 11.0 Å². The largest absolute Gasteiger partial charge is 0.462 e. The second-order valence-corrected chi connectivity index (χ2v) is 9.19. The van der Waals surface area contributed by atoms with Crippen molar-refractivity contribution in [2.75, 3.05) is 11.3 Å².